The fourth-order valence-corrected chi connectivity index (χ4v) is 4.20. The number of H-pyrrole nitrogens is 1. The van der Waals surface area contributed by atoms with Gasteiger partial charge in [-0.3, -0.25) is 0 Å². The Morgan fingerprint density at radius 2 is 1.96 bits per heavy atom. The molecule has 1 aliphatic rings. The number of hydrogen-bond acceptors (Lipinski definition) is 3. The molecule has 0 radical (unpaired) electrons. The van der Waals surface area contributed by atoms with Crippen LogP contribution in [0.5, 0.6) is 0 Å². The van der Waals surface area contributed by atoms with Gasteiger partial charge in [0.1, 0.15) is 16.6 Å². The number of pyridine rings is 1. The summed E-state index contributed by atoms with van der Waals surface area (Å²) in [5.41, 5.74) is 3.75. The van der Waals surface area contributed by atoms with Gasteiger partial charge in [-0.05, 0) is 74.9 Å². The first-order chi connectivity index (χ1) is 12.8. The molecule has 2 atom stereocenters. The van der Waals surface area contributed by atoms with Crippen LogP contribution in [-0.2, 0) is 11.0 Å². The first kappa shape index (κ1) is 18.3. The maximum atomic E-state index is 12.6. The van der Waals surface area contributed by atoms with Gasteiger partial charge in [0.2, 0.25) is 0 Å². The second kappa shape index (κ2) is 6.86. The van der Waals surface area contributed by atoms with Crippen LogP contribution in [0, 0.1) is 0 Å². The van der Waals surface area contributed by atoms with Crippen LogP contribution in [-0.4, -0.2) is 30.9 Å². The van der Waals surface area contributed by atoms with Gasteiger partial charge in [0.05, 0.1) is 16.5 Å². The van der Waals surface area contributed by atoms with Gasteiger partial charge in [-0.15, -0.1) is 0 Å². The van der Waals surface area contributed by atoms with Gasteiger partial charge < -0.3 is 10.1 Å². The van der Waals surface area contributed by atoms with E-state index in [4.69, 9.17) is 0 Å². The molecule has 2 aromatic heterocycles. The highest BCUT2D eigenvalue weighted by atomic mass is 32.2. The Bertz CT molecular complexity index is 988. The minimum atomic E-state index is -1.39. The third kappa shape index (κ3) is 3.70. The van der Waals surface area contributed by atoms with E-state index in [1.54, 1.807) is 6.92 Å². The number of aliphatic hydroxyl groups excluding tert-OH is 1. The second-order valence-corrected chi connectivity index (χ2v) is 9.13. The smallest absolute Gasteiger partial charge is 0.138 e. The van der Waals surface area contributed by atoms with Crippen LogP contribution in [0.4, 0.5) is 0 Å². The van der Waals surface area contributed by atoms with Crippen molar-refractivity contribution in [1.29, 1.82) is 0 Å². The van der Waals surface area contributed by atoms with Gasteiger partial charge in [-0.2, -0.15) is 0 Å². The fraction of sp³-hybridized carbons (Fsp3) is 0.381. The zero-order valence-corrected chi connectivity index (χ0v) is 16.6. The topological polar surface area (TPSA) is 78.0 Å². The Hall–Kier alpha value is -2.02. The summed E-state index contributed by atoms with van der Waals surface area (Å²) in [4.78, 5) is 8.59. The first-order valence-corrected chi connectivity index (χ1v) is 10.5. The van der Waals surface area contributed by atoms with Gasteiger partial charge in [0.25, 0.3) is 0 Å². The van der Waals surface area contributed by atoms with E-state index in [0.29, 0.717) is 10.8 Å². The number of nitrogens with zero attached hydrogens (tertiary/aromatic N) is 1. The maximum absolute atomic E-state index is 12.6. The van der Waals surface area contributed by atoms with Crippen molar-refractivity contribution in [2.24, 2.45) is 0 Å². The van der Waals surface area contributed by atoms with E-state index in [9.17, 15) is 9.32 Å². The molecule has 2 unspecified atom stereocenters. The molecule has 142 valence electrons. The van der Waals surface area contributed by atoms with Crippen LogP contribution >= 0.6 is 0 Å². The average molecular weight is 384 g/mol. The average Bonchev–Trinajstić information content (AvgIpc) is 3.39. The summed E-state index contributed by atoms with van der Waals surface area (Å²) < 4.78 is 15.6. The second-order valence-electron chi connectivity index (χ2n) is 7.91. The molecule has 27 heavy (non-hydrogen) atoms. The highest BCUT2D eigenvalue weighted by Crippen LogP contribution is 2.41. The third-order valence-electron chi connectivity index (χ3n) is 5.35. The van der Waals surface area contributed by atoms with Gasteiger partial charge in [-0.25, -0.2) is 13.9 Å². The van der Waals surface area contributed by atoms with Gasteiger partial charge in [0.15, 0.2) is 0 Å². The molecule has 1 aromatic carbocycles. The zero-order chi connectivity index (χ0) is 19.2. The molecule has 2 heterocycles. The molecule has 0 aliphatic heterocycles. The third-order valence-corrected chi connectivity index (χ3v) is 6.76. The summed E-state index contributed by atoms with van der Waals surface area (Å²) in [6.07, 6.45) is 3.71. The number of nitrogens with one attached hydrogen (secondary N) is 2. The van der Waals surface area contributed by atoms with E-state index in [-0.39, 0.29) is 0 Å². The minimum absolute atomic E-state index is 0.611. The Balaban J connectivity index is 1.61. The molecule has 1 fully saturated rings. The van der Waals surface area contributed by atoms with Crippen molar-refractivity contribution in [2.45, 2.75) is 56.1 Å². The number of aromatic amines is 1. The molecule has 0 spiro atoms. The van der Waals surface area contributed by atoms with E-state index in [1.807, 2.05) is 50.4 Å². The number of hydrogen-bond donors (Lipinski definition) is 3. The van der Waals surface area contributed by atoms with Crippen molar-refractivity contribution >= 4 is 22.0 Å². The van der Waals surface area contributed by atoms with E-state index < -0.39 is 22.6 Å². The molecular weight excluding hydrogens is 358 g/mol. The predicted octanol–water partition coefficient (Wildman–Crippen LogP) is 3.88. The summed E-state index contributed by atoms with van der Waals surface area (Å²) in [5, 5.41) is 10.9. The summed E-state index contributed by atoms with van der Waals surface area (Å²) in [7, 11) is -1.39. The van der Waals surface area contributed by atoms with Gasteiger partial charge in [0, 0.05) is 17.3 Å². The summed E-state index contributed by atoms with van der Waals surface area (Å²) >= 11 is 0. The zero-order valence-electron chi connectivity index (χ0n) is 15.8. The first-order valence-electron chi connectivity index (χ1n) is 9.31. The Morgan fingerprint density at radius 3 is 2.59 bits per heavy atom. The van der Waals surface area contributed by atoms with Crippen molar-refractivity contribution in [3.8, 4) is 11.1 Å². The molecule has 0 saturated heterocycles. The molecule has 0 amide bonds. The minimum Gasteiger partial charge on any atom is -0.391 e. The lowest BCUT2D eigenvalue weighted by atomic mass is 10.0. The van der Waals surface area contributed by atoms with Crippen LogP contribution in [0.3, 0.4) is 0 Å². The molecule has 6 heteroatoms. The summed E-state index contributed by atoms with van der Waals surface area (Å²) in [6.45, 7) is 5.36. The molecule has 3 N–H and O–H groups in total. The molecule has 1 saturated carbocycles. The molecule has 3 aromatic rings. The van der Waals surface area contributed by atoms with Gasteiger partial charge >= 0.3 is 0 Å². The molecular formula is C21H25N3O2S. The lowest BCUT2D eigenvalue weighted by molar-refractivity contribution is 0.112. The number of aromatic nitrogens is 2. The number of aliphatic hydroxyl groups is 1. The largest absolute Gasteiger partial charge is 0.391 e. The van der Waals surface area contributed by atoms with Crippen molar-refractivity contribution < 1.29 is 9.32 Å². The van der Waals surface area contributed by atoms with Crippen molar-refractivity contribution in [1.82, 2.24) is 14.7 Å². The molecule has 0 bridgehead atoms. The number of rotatable bonds is 6. The lowest BCUT2D eigenvalue weighted by Crippen LogP contribution is -2.48. The van der Waals surface area contributed by atoms with Crippen LogP contribution in [0.1, 0.15) is 45.2 Å². The van der Waals surface area contributed by atoms with E-state index >= 15 is 0 Å². The summed E-state index contributed by atoms with van der Waals surface area (Å²) in [6, 6.07) is 12.0. The highest BCUT2D eigenvalue weighted by molar-refractivity contribution is 7.83. The predicted molar refractivity (Wildman–Crippen MR) is 109 cm³/mol. The van der Waals surface area contributed by atoms with E-state index in [1.165, 1.54) is 18.5 Å². The normalized spacial score (nSPS) is 17.2. The molecule has 5 nitrogen and oxygen atoms in total. The Labute approximate surface area is 161 Å². The standard InChI is InChI=1S/C21H25N3O2S/c1-13(25)21(2,3)24-27(26)16-8-6-14(7-9-16)17-10-11-22-20-18(17)12-19(23-20)15-4-5-15/h6-13,15,24-25H,4-5H2,1-3H3,(H,22,23). The summed E-state index contributed by atoms with van der Waals surface area (Å²) in [5.74, 6) is 0.653. The van der Waals surface area contributed by atoms with Crippen LogP contribution in [0.25, 0.3) is 22.2 Å². The van der Waals surface area contributed by atoms with E-state index in [0.717, 1.165) is 22.2 Å². The van der Waals surface area contributed by atoms with Crippen LogP contribution in [0.2, 0.25) is 0 Å². The van der Waals surface area contributed by atoms with Crippen LogP contribution in [0.15, 0.2) is 47.5 Å². The molecule has 4 rings (SSSR count). The Kier molecular flexibility index (Phi) is 4.66. The fourth-order valence-electron chi connectivity index (χ4n) is 3.05. The van der Waals surface area contributed by atoms with E-state index in [2.05, 4.69) is 20.8 Å². The van der Waals surface area contributed by atoms with Gasteiger partial charge in [-0.1, -0.05) is 12.1 Å². The lowest BCUT2D eigenvalue weighted by Gasteiger charge is -2.28. The SMILES string of the molecule is CC(O)C(C)(C)NS(=O)c1ccc(-c2ccnc3[nH]c(C4CC4)cc23)cc1. The van der Waals surface area contributed by atoms with Crippen molar-refractivity contribution in [2.75, 3.05) is 0 Å². The van der Waals surface area contributed by atoms with Crippen LogP contribution < -0.4 is 4.72 Å². The number of fused-ring (bicyclic) bond motifs is 1. The Morgan fingerprint density at radius 1 is 1.26 bits per heavy atom. The highest BCUT2D eigenvalue weighted by Gasteiger charge is 2.27. The molecule has 1 aliphatic carbocycles. The monoisotopic (exact) mass is 383 g/mol. The van der Waals surface area contributed by atoms with Crippen molar-refractivity contribution in [3.63, 3.8) is 0 Å². The van der Waals surface area contributed by atoms with Crippen molar-refractivity contribution in [3.05, 3.63) is 48.3 Å². The quantitative estimate of drug-likeness (QED) is 0.604. The maximum Gasteiger partial charge on any atom is 0.138 e. The number of benzene rings is 1.